The highest BCUT2D eigenvalue weighted by Crippen LogP contribution is 2.23. The molecule has 2 heterocycles. The molecule has 0 spiro atoms. The topological polar surface area (TPSA) is 75.2 Å². The molecule has 29 heavy (non-hydrogen) atoms. The Morgan fingerprint density at radius 3 is 2.41 bits per heavy atom. The van der Waals surface area contributed by atoms with Crippen molar-refractivity contribution >= 4 is 28.3 Å². The highest BCUT2D eigenvalue weighted by molar-refractivity contribution is 7.15. The predicted octanol–water partition coefficient (Wildman–Crippen LogP) is 3.31. The number of benzene rings is 2. The van der Waals surface area contributed by atoms with Gasteiger partial charge in [-0.3, -0.25) is 9.59 Å². The molecule has 2 aromatic carbocycles. The highest BCUT2D eigenvalue weighted by Gasteiger charge is 2.34. The van der Waals surface area contributed by atoms with Crippen molar-refractivity contribution in [2.24, 2.45) is 5.92 Å². The van der Waals surface area contributed by atoms with Gasteiger partial charge in [0.05, 0.1) is 5.92 Å². The molecule has 0 radical (unpaired) electrons. The zero-order valence-corrected chi connectivity index (χ0v) is 16.8. The number of nitrogens with zero attached hydrogens (tertiary/aromatic N) is 3. The van der Waals surface area contributed by atoms with Gasteiger partial charge in [-0.1, -0.05) is 72.0 Å². The van der Waals surface area contributed by atoms with E-state index in [0.29, 0.717) is 18.2 Å². The number of rotatable bonds is 7. The lowest BCUT2D eigenvalue weighted by Crippen LogP contribution is -2.28. The van der Waals surface area contributed by atoms with Gasteiger partial charge >= 0.3 is 0 Å². The quantitative estimate of drug-likeness (QED) is 0.653. The minimum atomic E-state index is -0.358. The molecule has 1 aliphatic heterocycles. The van der Waals surface area contributed by atoms with Gasteiger partial charge in [0, 0.05) is 25.9 Å². The molecule has 3 aromatic rings. The van der Waals surface area contributed by atoms with E-state index in [1.54, 1.807) is 4.90 Å². The predicted molar refractivity (Wildman–Crippen MR) is 112 cm³/mol. The molecule has 0 bridgehead atoms. The summed E-state index contributed by atoms with van der Waals surface area (Å²) in [4.78, 5) is 26.6. The Kier molecular flexibility index (Phi) is 5.95. The largest absolute Gasteiger partial charge is 0.338 e. The molecule has 2 amide bonds. The Labute approximate surface area is 173 Å². The molecule has 0 saturated carbocycles. The van der Waals surface area contributed by atoms with E-state index in [1.165, 1.54) is 16.9 Å². The Hall–Kier alpha value is -3.06. The van der Waals surface area contributed by atoms with Crippen LogP contribution in [0.1, 0.15) is 22.6 Å². The molecule has 1 saturated heterocycles. The van der Waals surface area contributed by atoms with Crippen LogP contribution < -0.4 is 5.32 Å². The van der Waals surface area contributed by atoms with Crippen molar-refractivity contribution in [3.05, 3.63) is 76.8 Å². The fraction of sp³-hybridized carbons (Fsp3) is 0.273. The van der Waals surface area contributed by atoms with Gasteiger partial charge in [-0.15, -0.1) is 10.2 Å². The van der Waals surface area contributed by atoms with Crippen LogP contribution in [0.25, 0.3) is 0 Å². The number of amides is 2. The zero-order valence-electron chi connectivity index (χ0n) is 16.0. The van der Waals surface area contributed by atoms with E-state index in [1.807, 2.05) is 48.5 Å². The van der Waals surface area contributed by atoms with Gasteiger partial charge in [0.1, 0.15) is 5.01 Å². The van der Waals surface area contributed by atoms with Gasteiger partial charge in [0.15, 0.2) is 0 Å². The molecule has 148 valence electrons. The SMILES string of the molecule is O=C(Nc1nnc(CCc2ccccc2)s1)[C@H]1CC(=O)N(Cc2ccccc2)C1. The van der Waals surface area contributed by atoms with Crippen molar-refractivity contribution in [2.45, 2.75) is 25.8 Å². The number of carbonyl (C=O) groups is 2. The first kappa shape index (κ1) is 19.3. The summed E-state index contributed by atoms with van der Waals surface area (Å²) in [5, 5.41) is 12.5. The molecule has 1 N–H and O–H groups in total. The average Bonchev–Trinajstić information content (AvgIpc) is 3.34. The monoisotopic (exact) mass is 406 g/mol. The van der Waals surface area contributed by atoms with E-state index in [0.717, 1.165) is 23.4 Å². The van der Waals surface area contributed by atoms with E-state index in [2.05, 4.69) is 27.6 Å². The summed E-state index contributed by atoms with van der Waals surface area (Å²) < 4.78 is 0. The van der Waals surface area contributed by atoms with Gasteiger partial charge in [-0.25, -0.2) is 0 Å². The summed E-state index contributed by atoms with van der Waals surface area (Å²) in [7, 11) is 0. The van der Waals surface area contributed by atoms with Gasteiger partial charge < -0.3 is 10.2 Å². The van der Waals surface area contributed by atoms with Crippen LogP contribution in [0.2, 0.25) is 0 Å². The summed E-state index contributed by atoms with van der Waals surface area (Å²) in [5.74, 6) is -0.516. The lowest BCUT2D eigenvalue weighted by molar-refractivity contribution is -0.128. The number of hydrogen-bond donors (Lipinski definition) is 1. The minimum absolute atomic E-state index is 0.00909. The summed E-state index contributed by atoms with van der Waals surface area (Å²) in [6.45, 7) is 0.963. The molecule has 1 fully saturated rings. The van der Waals surface area contributed by atoms with Gasteiger partial charge in [0.25, 0.3) is 0 Å². The minimum Gasteiger partial charge on any atom is -0.338 e. The summed E-state index contributed by atoms with van der Waals surface area (Å²) >= 11 is 1.39. The second-order valence-electron chi connectivity index (χ2n) is 7.14. The lowest BCUT2D eigenvalue weighted by atomic mass is 10.1. The van der Waals surface area contributed by atoms with Crippen LogP contribution >= 0.6 is 11.3 Å². The van der Waals surface area contributed by atoms with Crippen molar-refractivity contribution in [1.82, 2.24) is 15.1 Å². The molecule has 1 aromatic heterocycles. The molecule has 0 unspecified atom stereocenters. The molecule has 7 heteroatoms. The second kappa shape index (κ2) is 8.96. The Balaban J connectivity index is 1.29. The molecule has 1 aliphatic rings. The highest BCUT2D eigenvalue weighted by atomic mass is 32.1. The first-order chi connectivity index (χ1) is 14.2. The maximum atomic E-state index is 12.6. The summed E-state index contributed by atoms with van der Waals surface area (Å²) in [6, 6.07) is 20.0. The summed E-state index contributed by atoms with van der Waals surface area (Å²) in [6.07, 6.45) is 1.90. The second-order valence-corrected chi connectivity index (χ2v) is 8.20. The number of carbonyl (C=O) groups excluding carboxylic acids is 2. The summed E-state index contributed by atoms with van der Waals surface area (Å²) in [5.41, 5.74) is 2.31. The van der Waals surface area contributed by atoms with E-state index in [4.69, 9.17) is 0 Å². The first-order valence-corrected chi connectivity index (χ1v) is 10.5. The normalized spacial score (nSPS) is 16.2. The Morgan fingerprint density at radius 1 is 1.00 bits per heavy atom. The smallest absolute Gasteiger partial charge is 0.231 e. The molecule has 6 nitrogen and oxygen atoms in total. The van der Waals surface area contributed by atoms with Gasteiger partial charge in [-0.2, -0.15) is 0 Å². The van der Waals surface area contributed by atoms with Crippen LogP contribution in [-0.4, -0.2) is 33.5 Å². The fourth-order valence-corrected chi connectivity index (χ4v) is 4.16. The molecule has 1 atom stereocenters. The van der Waals surface area contributed by atoms with Crippen molar-refractivity contribution in [1.29, 1.82) is 0 Å². The van der Waals surface area contributed by atoms with E-state index in [-0.39, 0.29) is 24.2 Å². The van der Waals surface area contributed by atoms with E-state index < -0.39 is 0 Å². The number of nitrogens with one attached hydrogen (secondary N) is 1. The average molecular weight is 407 g/mol. The molecule has 0 aliphatic carbocycles. The number of likely N-dealkylation sites (tertiary alicyclic amines) is 1. The van der Waals surface area contributed by atoms with E-state index >= 15 is 0 Å². The number of anilines is 1. The molecular weight excluding hydrogens is 384 g/mol. The van der Waals surface area contributed by atoms with Crippen LogP contribution in [0.4, 0.5) is 5.13 Å². The molecular formula is C22H22N4O2S. The van der Waals surface area contributed by atoms with Crippen molar-refractivity contribution in [3.63, 3.8) is 0 Å². The lowest BCUT2D eigenvalue weighted by Gasteiger charge is -2.16. The Morgan fingerprint density at radius 2 is 1.69 bits per heavy atom. The number of aromatic nitrogens is 2. The van der Waals surface area contributed by atoms with Gasteiger partial charge in [0.2, 0.25) is 16.9 Å². The van der Waals surface area contributed by atoms with Crippen molar-refractivity contribution in [3.8, 4) is 0 Å². The third-order valence-corrected chi connectivity index (χ3v) is 5.87. The van der Waals surface area contributed by atoms with Crippen LogP contribution in [0, 0.1) is 5.92 Å². The van der Waals surface area contributed by atoms with E-state index in [9.17, 15) is 9.59 Å². The van der Waals surface area contributed by atoms with Crippen molar-refractivity contribution in [2.75, 3.05) is 11.9 Å². The van der Waals surface area contributed by atoms with Crippen LogP contribution in [0.3, 0.4) is 0 Å². The Bertz CT molecular complexity index is 975. The van der Waals surface area contributed by atoms with Crippen LogP contribution in [0.15, 0.2) is 60.7 Å². The number of hydrogen-bond acceptors (Lipinski definition) is 5. The van der Waals surface area contributed by atoms with Crippen molar-refractivity contribution < 1.29 is 9.59 Å². The maximum Gasteiger partial charge on any atom is 0.231 e. The molecule has 4 rings (SSSR count). The fourth-order valence-electron chi connectivity index (χ4n) is 3.41. The van der Waals surface area contributed by atoms with Gasteiger partial charge in [-0.05, 0) is 17.5 Å². The zero-order chi connectivity index (χ0) is 20.1. The van der Waals surface area contributed by atoms with Crippen LogP contribution in [-0.2, 0) is 29.0 Å². The van der Waals surface area contributed by atoms with Crippen LogP contribution in [0.5, 0.6) is 0 Å². The third-order valence-electron chi connectivity index (χ3n) is 4.97. The third kappa shape index (κ3) is 5.06. The first-order valence-electron chi connectivity index (χ1n) is 9.66. The maximum absolute atomic E-state index is 12.6. The standard InChI is InChI=1S/C22H22N4O2S/c27-20-13-18(15-26(20)14-17-9-5-2-6-10-17)21(28)23-22-25-24-19(29-22)12-11-16-7-3-1-4-8-16/h1-10,18H,11-15H2,(H,23,25,28)/t18-/m0/s1. The number of aryl methyl sites for hydroxylation is 2.